The van der Waals surface area contributed by atoms with E-state index in [9.17, 15) is 5.26 Å². The Hall–Kier alpha value is -3.73. The van der Waals surface area contributed by atoms with Crippen LogP contribution in [-0.4, -0.2) is 18.3 Å². The number of hydrazone groups is 1. The topological polar surface area (TPSA) is 79.5 Å². The van der Waals surface area contributed by atoms with Gasteiger partial charge in [0.2, 0.25) is 0 Å². The SMILES string of the molecule is COCc1cc(C)nc(NN=Cc2c(OCc3ccc(Br)cc3)ccc3ccccc23)c1C#N. The van der Waals surface area contributed by atoms with Crippen LogP contribution < -0.4 is 10.2 Å². The molecule has 0 bridgehead atoms. The van der Waals surface area contributed by atoms with Crippen LogP contribution in [0.2, 0.25) is 0 Å². The number of nitrogens with one attached hydrogen (secondary N) is 1. The van der Waals surface area contributed by atoms with Crippen molar-refractivity contribution >= 4 is 38.7 Å². The molecule has 1 N–H and O–H groups in total. The summed E-state index contributed by atoms with van der Waals surface area (Å²) in [5.74, 6) is 1.10. The second-order valence-corrected chi connectivity index (χ2v) is 8.59. The van der Waals surface area contributed by atoms with Gasteiger partial charge >= 0.3 is 0 Å². The average molecular weight is 515 g/mol. The second kappa shape index (κ2) is 10.9. The lowest BCUT2D eigenvalue weighted by Crippen LogP contribution is -2.04. The number of methoxy groups -OCH3 is 1. The van der Waals surface area contributed by atoms with Crippen molar-refractivity contribution in [2.24, 2.45) is 5.10 Å². The van der Waals surface area contributed by atoms with Gasteiger partial charge in [-0.05, 0) is 47.5 Å². The van der Waals surface area contributed by atoms with Crippen LogP contribution in [0.25, 0.3) is 10.8 Å². The van der Waals surface area contributed by atoms with Crippen molar-refractivity contribution in [2.45, 2.75) is 20.1 Å². The molecule has 0 saturated heterocycles. The number of anilines is 1. The minimum absolute atomic E-state index is 0.321. The minimum Gasteiger partial charge on any atom is -0.488 e. The number of pyridine rings is 1. The van der Waals surface area contributed by atoms with E-state index in [0.717, 1.165) is 37.6 Å². The van der Waals surface area contributed by atoms with Gasteiger partial charge in [0.1, 0.15) is 24.0 Å². The standard InChI is InChI=1S/C27H23BrN4O2/c1-18-13-21(17-33-2)24(14-29)27(31-18)32-30-15-25-23-6-4-3-5-20(23)9-12-26(25)34-16-19-7-10-22(28)11-8-19/h3-13,15H,16-17H2,1-2H3,(H,31,32). The number of nitriles is 1. The van der Waals surface area contributed by atoms with Crippen molar-refractivity contribution in [1.82, 2.24) is 4.98 Å². The van der Waals surface area contributed by atoms with Crippen molar-refractivity contribution in [2.75, 3.05) is 12.5 Å². The number of benzene rings is 3. The highest BCUT2D eigenvalue weighted by molar-refractivity contribution is 9.10. The van der Waals surface area contributed by atoms with E-state index < -0.39 is 0 Å². The molecule has 0 saturated carbocycles. The Bertz CT molecular complexity index is 1380. The summed E-state index contributed by atoms with van der Waals surface area (Å²) >= 11 is 3.46. The van der Waals surface area contributed by atoms with Gasteiger partial charge < -0.3 is 9.47 Å². The fourth-order valence-electron chi connectivity index (χ4n) is 3.65. The predicted molar refractivity (Wildman–Crippen MR) is 138 cm³/mol. The maximum Gasteiger partial charge on any atom is 0.164 e. The molecule has 6 nitrogen and oxygen atoms in total. The molecule has 0 fully saturated rings. The molecule has 0 radical (unpaired) electrons. The van der Waals surface area contributed by atoms with Crippen molar-refractivity contribution in [3.8, 4) is 11.8 Å². The molecule has 0 aliphatic carbocycles. The van der Waals surface area contributed by atoms with Crippen LogP contribution in [0.5, 0.6) is 5.75 Å². The summed E-state index contributed by atoms with van der Waals surface area (Å²) in [4.78, 5) is 4.45. The molecule has 1 heterocycles. The van der Waals surface area contributed by atoms with E-state index in [0.29, 0.717) is 30.3 Å². The minimum atomic E-state index is 0.321. The number of rotatable bonds is 8. The van der Waals surface area contributed by atoms with E-state index in [-0.39, 0.29) is 0 Å². The number of halogens is 1. The van der Waals surface area contributed by atoms with Gasteiger partial charge in [0.05, 0.1) is 12.8 Å². The molecule has 0 aliphatic rings. The van der Waals surface area contributed by atoms with Crippen molar-refractivity contribution in [3.63, 3.8) is 0 Å². The number of ether oxygens (including phenoxy) is 2. The van der Waals surface area contributed by atoms with Crippen LogP contribution in [0, 0.1) is 18.3 Å². The molecule has 4 rings (SSSR count). The highest BCUT2D eigenvalue weighted by atomic mass is 79.9. The fraction of sp³-hybridized carbons (Fsp3) is 0.148. The molecule has 0 aliphatic heterocycles. The third kappa shape index (κ3) is 5.42. The van der Waals surface area contributed by atoms with E-state index in [1.165, 1.54) is 0 Å². The molecule has 3 aromatic carbocycles. The number of nitrogens with zero attached hydrogens (tertiary/aromatic N) is 3. The van der Waals surface area contributed by atoms with Crippen LogP contribution in [0.1, 0.15) is 27.9 Å². The maximum absolute atomic E-state index is 9.65. The number of aryl methyl sites for hydroxylation is 1. The zero-order valence-electron chi connectivity index (χ0n) is 18.9. The molecular weight excluding hydrogens is 492 g/mol. The molecule has 1 aromatic heterocycles. The maximum atomic E-state index is 9.65. The molecule has 4 aromatic rings. The van der Waals surface area contributed by atoms with E-state index in [4.69, 9.17) is 9.47 Å². The first-order valence-electron chi connectivity index (χ1n) is 10.7. The van der Waals surface area contributed by atoms with Gasteiger partial charge in [-0.3, -0.25) is 5.43 Å². The molecule has 0 amide bonds. The van der Waals surface area contributed by atoms with Gasteiger partial charge in [-0.15, -0.1) is 0 Å². The normalized spacial score (nSPS) is 11.0. The van der Waals surface area contributed by atoms with Gasteiger partial charge in [-0.25, -0.2) is 4.98 Å². The van der Waals surface area contributed by atoms with E-state index in [2.05, 4.69) is 37.5 Å². The Morgan fingerprint density at radius 1 is 1.09 bits per heavy atom. The van der Waals surface area contributed by atoms with Gasteiger partial charge in [-0.2, -0.15) is 10.4 Å². The molecule has 34 heavy (non-hydrogen) atoms. The largest absolute Gasteiger partial charge is 0.488 e. The number of hydrogen-bond acceptors (Lipinski definition) is 6. The number of aromatic nitrogens is 1. The zero-order valence-corrected chi connectivity index (χ0v) is 20.5. The summed E-state index contributed by atoms with van der Waals surface area (Å²) in [5, 5.41) is 16.2. The number of hydrogen-bond donors (Lipinski definition) is 1. The molecule has 170 valence electrons. The van der Waals surface area contributed by atoms with Crippen LogP contribution in [-0.2, 0) is 18.0 Å². The van der Waals surface area contributed by atoms with Crippen LogP contribution in [0.3, 0.4) is 0 Å². The van der Waals surface area contributed by atoms with E-state index >= 15 is 0 Å². The van der Waals surface area contributed by atoms with Crippen LogP contribution in [0.4, 0.5) is 5.82 Å². The molecule has 0 atom stereocenters. The molecule has 0 unspecified atom stereocenters. The van der Waals surface area contributed by atoms with Gasteiger partial charge in [0.25, 0.3) is 0 Å². The smallest absolute Gasteiger partial charge is 0.164 e. The van der Waals surface area contributed by atoms with Crippen molar-refractivity contribution < 1.29 is 9.47 Å². The predicted octanol–water partition coefficient (Wildman–Crippen LogP) is 6.35. The van der Waals surface area contributed by atoms with E-state index in [1.807, 2.05) is 73.7 Å². The Morgan fingerprint density at radius 3 is 2.65 bits per heavy atom. The van der Waals surface area contributed by atoms with Crippen molar-refractivity contribution in [3.05, 3.63) is 99.2 Å². The van der Waals surface area contributed by atoms with Crippen LogP contribution >= 0.6 is 15.9 Å². The first kappa shape index (κ1) is 23.4. The number of fused-ring (bicyclic) bond motifs is 1. The third-order valence-corrected chi connectivity index (χ3v) is 5.77. The third-order valence-electron chi connectivity index (χ3n) is 5.24. The Kier molecular flexibility index (Phi) is 7.53. The zero-order chi connectivity index (χ0) is 23.9. The van der Waals surface area contributed by atoms with Gasteiger partial charge in [0, 0.05) is 28.4 Å². The Morgan fingerprint density at radius 2 is 1.88 bits per heavy atom. The summed E-state index contributed by atoms with van der Waals surface area (Å²) in [6.45, 7) is 2.62. The monoisotopic (exact) mass is 514 g/mol. The quantitative estimate of drug-likeness (QED) is 0.219. The molecular formula is C27H23BrN4O2. The molecule has 7 heteroatoms. The van der Waals surface area contributed by atoms with Crippen LogP contribution in [0.15, 0.2) is 76.3 Å². The summed E-state index contributed by atoms with van der Waals surface area (Å²) in [6, 6.07) is 24.1. The Labute approximate surface area is 207 Å². The first-order valence-corrected chi connectivity index (χ1v) is 11.5. The fourth-order valence-corrected chi connectivity index (χ4v) is 3.91. The summed E-state index contributed by atoms with van der Waals surface area (Å²) in [5.41, 5.74) is 6.79. The van der Waals surface area contributed by atoms with Gasteiger partial charge in [-0.1, -0.05) is 58.4 Å². The Balaban J connectivity index is 1.65. The first-order chi connectivity index (χ1) is 16.6. The summed E-state index contributed by atoms with van der Waals surface area (Å²) < 4.78 is 12.4. The van der Waals surface area contributed by atoms with E-state index in [1.54, 1.807) is 13.3 Å². The lowest BCUT2D eigenvalue weighted by atomic mass is 10.0. The summed E-state index contributed by atoms with van der Waals surface area (Å²) in [6.07, 6.45) is 1.71. The van der Waals surface area contributed by atoms with Crippen molar-refractivity contribution in [1.29, 1.82) is 5.26 Å². The van der Waals surface area contributed by atoms with Gasteiger partial charge in [0.15, 0.2) is 5.82 Å². The highest BCUT2D eigenvalue weighted by Gasteiger charge is 2.12. The molecule has 0 spiro atoms. The lowest BCUT2D eigenvalue weighted by Gasteiger charge is -2.12. The summed E-state index contributed by atoms with van der Waals surface area (Å²) in [7, 11) is 1.60. The lowest BCUT2D eigenvalue weighted by molar-refractivity contribution is 0.184. The highest BCUT2D eigenvalue weighted by Crippen LogP contribution is 2.28. The average Bonchev–Trinajstić information content (AvgIpc) is 2.84. The second-order valence-electron chi connectivity index (χ2n) is 7.67.